The zero-order valence-corrected chi connectivity index (χ0v) is 18.4. The average Bonchev–Trinajstić information content (AvgIpc) is 2.84. The third kappa shape index (κ3) is 5.71. The summed E-state index contributed by atoms with van der Waals surface area (Å²) in [4.78, 5) is 49.6. The summed E-state index contributed by atoms with van der Waals surface area (Å²) in [5.41, 5.74) is 3.39. The summed E-state index contributed by atoms with van der Waals surface area (Å²) in [6.45, 7) is 1.86. The van der Waals surface area contributed by atoms with Crippen LogP contribution >= 0.6 is 0 Å². The molecule has 0 aliphatic heterocycles. The van der Waals surface area contributed by atoms with Crippen LogP contribution in [0.4, 0.5) is 11.4 Å². The van der Waals surface area contributed by atoms with Gasteiger partial charge in [-0.1, -0.05) is 48.0 Å². The lowest BCUT2D eigenvalue weighted by molar-refractivity contribution is -0.110. The van der Waals surface area contributed by atoms with Crippen LogP contribution in [0.15, 0.2) is 77.9 Å². The van der Waals surface area contributed by atoms with Gasteiger partial charge in [0.15, 0.2) is 5.71 Å². The maximum Gasteiger partial charge on any atom is 0.340 e. The van der Waals surface area contributed by atoms with Crippen LogP contribution in [0.1, 0.15) is 36.6 Å². The number of carboxylic acid groups (broad SMARTS) is 1. The summed E-state index contributed by atoms with van der Waals surface area (Å²) >= 11 is 0. The molecular formula is C25H21N3O6. The fraction of sp³-hybridized carbons (Fsp3) is 0.0800. The second kappa shape index (κ2) is 10.7. The van der Waals surface area contributed by atoms with Gasteiger partial charge in [0, 0.05) is 11.3 Å². The number of aryl methyl sites for hydroxylation is 1. The van der Waals surface area contributed by atoms with Gasteiger partial charge in [0.05, 0.1) is 23.9 Å². The molecule has 3 N–H and O–H groups in total. The highest BCUT2D eigenvalue weighted by Crippen LogP contribution is 2.20. The van der Waals surface area contributed by atoms with Crippen molar-refractivity contribution in [3.63, 3.8) is 0 Å². The molecule has 34 heavy (non-hydrogen) atoms. The Morgan fingerprint density at radius 1 is 0.882 bits per heavy atom. The number of ether oxygens (including phenoxy) is 1. The van der Waals surface area contributed by atoms with Crippen molar-refractivity contribution in [1.82, 2.24) is 0 Å². The van der Waals surface area contributed by atoms with Gasteiger partial charge in [-0.2, -0.15) is 5.10 Å². The van der Waals surface area contributed by atoms with Crippen LogP contribution in [0.3, 0.4) is 0 Å². The van der Waals surface area contributed by atoms with Gasteiger partial charge in [-0.25, -0.2) is 9.59 Å². The topological polar surface area (TPSA) is 134 Å². The molecule has 0 saturated heterocycles. The third-order valence-electron chi connectivity index (χ3n) is 4.74. The Morgan fingerprint density at radius 2 is 1.53 bits per heavy atom. The minimum absolute atomic E-state index is 0.0261. The fourth-order valence-corrected chi connectivity index (χ4v) is 2.93. The smallest absolute Gasteiger partial charge is 0.340 e. The van der Waals surface area contributed by atoms with Crippen molar-refractivity contribution in [3.8, 4) is 0 Å². The minimum atomic E-state index is -1.23. The number of Topliss-reactive ketones (excluding diaryl/α,β-unsaturated/α-hetero) is 1. The van der Waals surface area contributed by atoms with Crippen LogP contribution in [0.25, 0.3) is 0 Å². The molecule has 0 aliphatic carbocycles. The largest absolute Gasteiger partial charge is 0.478 e. The summed E-state index contributed by atoms with van der Waals surface area (Å²) < 4.78 is 4.72. The average molecular weight is 459 g/mol. The molecule has 0 bridgehead atoms. The lowest BCUT2D eigenvalue weighted by atomic mass is 10.0. The predicted molar refractivity (Wildman–Crippen MR) is 126 cm³/mol. The molecule has 1 amide bonds. The number of hydrazone groups is 1. The molecule has 3 aromatic rings. The molecule has 9 heteroatoms. The van der Waals surface area contributed by atoms with E-state index in [4.69, 9.17) is 4.74 Å². The first-order valence-electron chi connectivity index (χ1n) is 10.1. The molecule has 0 atom stereocenters. The van der Waals surface area contributed by atoms with Crippen molar-refractivity contribution >= 4 is 40.7 Å². The summed E-state index contributed by atoms with van der Waals surface area (Å²) in [7, 11) is 1.17. The number of hydrogen-bond acceptors (Lipinski definition) is 7. The van der Waals surface area contributed by atoms with Crippen molar-refractivity contribution in [2.24, 2.45) is 5.10 Å². The third-order valence-corrected chi connectivity index (χ3v) is 4.74. The molecule has 0 radical (unpaired) electrons. The van der Waals surface area contributed by atoms with E-state index >= 15 is 0 Å². The zero-order chi connectivity index (χ0) is 24.7. The standard InChI is InChI=1S/C25H21N3O6/c1-15-8-10-16(11-9-15)22(29)21(23(30)26-18-6-4-3-5-7-18)28-27-20-14-17(24(31)32)12-13-19(20)25(33)34-2/h3-14,27H,1-2H3,(H,26,30)(H,31,32)/b28-21+. The Morgan fingerprint density at radius 3 is 2.15 bits per heavy atom. The van der Waals surface area contributed by atoms with Gasteiger partial charge >= 0.3 is 11.9 Å². The fourth-order valence-electron chi connectivity index (χ4n) is 2.93. The molecule has 3 aromatic carbocycles. The number of esters is 1. The first-order chi connectivity index (χ1) is 16.3. The van der Waals surface area contributed by atoms with E-state index in [1.54, 1.807) is 54.6 Å². The number of methoxy groups -OCH3 is 1. The number of carboxylic acids is 1. The molecule has 9 nitrogen and oxygen atoms in total. The van der Waals surface area contributed by atoms with E-state index in [0.29, 0.717) is 5.69 Å². The first-order valence-corrected chi connectivity index (χ1v) is 10.1. The molecule has 0 saturated carbocycles. The van der Waals surface area contributed by atoms with Crippen molar-refractivity contribution < 1.29 is 29.0 Å². The van der Waals surface area contributed by atoms with Crippen molar-refractivity contribution in [1.29, 1.82) is 0 Å². The molecule has 0 fully saturated rings. The minimum Gasteiger partial charge on any atom is -0.478 e. The van der Waals surface area contributed by atoms with Crippen molar-refractivity contribution in [2.75, 3.05) is 17.9 Å². The molecule has 0 unspecified atom stereocenters. The monoisotopic (exact) mass is 459 g/mol. The highest BCUT2D eigenvalue weighted by Gasteiger charge is 2.23. The number of rotatable bonds is 8. The lowest BCUT2D eigenvalue weighted by Crippen LogP contribution is -2.31. The number of anilines is 2. The van der Waals surface area contributed by atoms with Gasteiger partial charge < -0.3 is 15.2 Å². The molecule has 3 rings (SSSR count). The summed E-state index contributed by atoms with van der Waals surface area (Å²) in [5.74, 6) is -3.45. The SMILES string of the molecule is COC(=O)c1ccc(C(=O)O)cc1N/N=C(/C(=O)Nc1ccccc1)C(=O)c1ccc(C)cc1. The Balaban J connectivity index is 2.02. The molecule has 0 aliphatic rings. The molecule has 0 heterocycles. The summed E-state index contributed by atoms with van der Waals surface area (Å²) in [5, 5.41) is 15.9. The number of nitrogens with zero attached hydrogens (tertiary/aromatic N) is 1. The summed E-state index contributed by atoms with van der Waals surface area (Å²) in [6.07, 6.45) is 0. The second-order valence-electron chi connectivity index (χ2n) is 7.14. The first kappa shape index (κ1) is 23.9. The van der Waals surface area contributed by atoms with Gasteiger partial charge in [-0.15, -0.1) is 0 Å². The van der Waals surface area contributed by atoms with E-state index < -0.39 is 29.3 Å². The quantitative estimate of drug-likeness (QED) is 0.153. The summed E-state index contributed by atoms with van der Waals surface area (Å²) in [6, 6.07) is 18.7. The van der Waals surface area contributed by atoms with Crippen LogP contribution in [0.5, 0.6) is 0 Å². The van der Waals surface area contributed by atoms with Crippen LogP contribution < -0.4 is 10.7 Å². The van der Waals surface area contributed by atoms with E-state index in [2.05, 4.69) is 15.8 Å². The van der Waals surface area contributed by atoms with Crippen LogP contribution in [-0.4, -0.2) is 41.6 Å². The van der Waals surface area contributed by atoms with E-state index in [9.17, 15) is 24.3 Å². The molecule has 0 aromatic heterocycles. The van der Waals surface area contributed by atoms with Crippen LogP contribution in [-0.2, 0) is 9.53 Å². The van der Waals surface area contributed by atoms with E-state index in [1.165, 1.54) is 19.2 Å². The van der Waals surface area contributed by atoms with E-state index in [0.717, 1.165) is 11.6 Å². The van der Waals surface area contributed by atoms with Gasteiger partial charge in [0.1, 0.15) is 0 Å². The molecular weight excluding hydrogens is 438 g/mol. The predicted octanol–water partition coefficient (Wildman–Crippen LogP) is 3.77. The van der Waals surface area contributed by atoms with Gasteiger partial charge in [0.25, 0.3) is 5.91 Å². The van der Waals surface area contributed by atoms with Crippen molar-refractivity contribution in [2.45, 2.75) is 6.92 Å². The Hall–Kier alpha value is -4.79. The van der Waals surface area contributed by atoms with E-state index in [-0.39, 0.29) is 22.4 Å². The van der Waals surface area contributed by atoms with Crippen molar-refractivity contribution in [3.05, 3.63) is 95.1 Å². The maximum atomic E-state index is 13.1. The number of benzene rings is 3. The Bertz CT molecular complexity index is 1270. The zero-order valence-electron chi connectivity index (χ0n) is 18.4. The number of aromatic carboxylic acids is 1. The normalized spacial score (nSPS) is 10.8. The number of carbonyl (C=O) groups excluding carboxylic acids is 3. The van der Waals surface area contributed by atoms with Crippen LogP contribution in [0, 0.1) is 6.92 Å². The Kier molecular flexibility index (Phi) is 7.50. The molecule has 172 valence electrons. The van der Waals surface area contributed by atoms with Gasteiger partial charge in [-0.3, -0.25) is 15.0 Å². The number of ketones is 1. The second-order valence-corrected chi connectivity index (χ2v) is 7.14. The Labute approximate surface area is 195 Å². The number of nitrogens with one attached hydrogen (secondary N) is 2. The lowest BCUT2D eigenvalue weighted by Gasteiger charge is -2.11. The number of carbonyl (C=O) groups is 4. The van der Waals surface area contributed by atoms with Gasteiger partial charge in [0.2, 0.25) is 5.78 Å². The maximum absolute atomic E-state index is 13.1. The van der Waals surface area contributed by atoms with E-state index in [1.807, 2.05) is 6.92 Å². The molecule has 0 spiro atoms. The van der Waals surface area contributed by atoms with Crippen LogP contribution in [0.2, 0.25) is 0 Å². The highest BCUT2D eigenvalue weighted by atomic mass is 16.5. The number of amides is 1. The van der Waals surface area contributed by atoms with Gasteiger partial charge in [-0.05, 0) is 37.3 Å². The number of para-hydroxylation sites is 1. The highest BCUT2D eigenvalue weighted by molar-refractivity contribution is 6.70. The number of hydrogen-bond donors (Lipinski definition) is 3.